The highest BCUT2D eigenvalue weighted by Gasteiger charge is 2.31. The van der Waals surface area contributed by atoms with Gasteiger partial charge in [0.25, 0.3) is 0 Å². The van der Waals surface area contributed by atoms with Crippen LogP contribution in [0.3, 0.4) is 0 Å². The van der Waals surface area contributed by atoms with Gasteiger partial charge in [-0.15, -0.1) is 0 Å². The molecule has 1 aromatic heterocycles. The molecular weight excluding hydrogens is 328 g/mol. The molecule has 1 heterocycles. The third kappa shape index (κ3) is 2.94. The van der Waals surface area contributed by atoms with Crippen molar-refractivity contribution >= 4 is 15.9 Å². The van der Waals surface area contributed by atoms with E-state index >= 15 is 0 Å². The Labute approximate surface area is 124 Å². The molecule has 0 N–H and O–H groups in total. The van der Waals surface area contributed by atoms with Gasteiger partial charge in [-0.25, -0.2) is 8.78 Å². The summed E-state index contributed by atoms with van der Waals surface area (Å²) in [5.41, 5.74) is 0.109. The van der Waals surface area contributed by atoms with Crippen molar-refractivity contribution in [2.24, 2.45) is 0 Å². The summed E-state index contributed by atoms with van der Waals surface area (Å²) >= 11 is 3.10. The Hall–Kier alpha value is -1.20. The van der Waals surface area contributed by atoms with Crippen LogP contribution in [0.5, 0.6) is 0 Å². The standard InChI is InChI=1S/C15H14BrF2NO/c16-13-5-6-14(17)12(15(13)18)9-19(10-3-4-10)8-11-2-1-7-20-11/h1-2,5-7,10H,3-4,8-9H2. The summed E-state index contributed by atoms with van der Waals surface area (Å²) in [4.78, 5) is 2.06. The number of nitrogens with zero attached hydrogens (tertiary/aromatic N) is 1. The van der Waals surface area contributed by atoms with E-state index in [-0.39, 0.29) is 12.1 Å². The summed E-state index contributed by atoms with van der Waals surface area (Å²) in [6.45, 7) is 0.825. The molecule has 1 saturated carbocycles. The number of furan rings is 1. The average Bonchev–Trinajstić information content (AvgIpc) is 3.16. The molecule has 1 aliphatic carbocycles. The van der Waals surface area contributed by atoms with Gasteiger partial charge in [-0.1, -0.05) is 0 Å². The maximum absolute atomic E-state index is 14.0. The zero-order valence-corrected chi connectivity index (χ0v) is 12.4. The first-order valence-corrected chi connectivity index (χ1v) is 7.33. The van der Waals surface area contributed by atoms with Gasteiger partial charge in [0.05, 0.1) is 17.3 Å². The topological polar surface area (TPSA) is 16.4 Å². The van der Waals surface area contributed by atoms with Crippen LogP contribution in [0.15, 0.2) is 39.4 Å². The fourth-order valence-electron chi connectivity index (χ4n) is 2.27. The second kappa shape index (κ2) is 5.66. The minimum atomic E-state index is -0.518. The smallest absolute Gasteiger partial charge is 0.144 e. The Morgan fingerprint density at radius 1 is 1.20 bits per heavy atom. The van der Waals surface area contributed by atoms with Crippen LogP contribution >= 0.6 is 15.9 Å². The van der Waals surface area contributed by atoms with E-state index in [4.69, 9.17) is 4.42 Å². The van der Waals surface area contributed by atoms with Crippen molar-refractivity contribution in [2.45, 2.75) is 32.0 Å². The van der Waals surface area contributed by atoms with Crippen molar-refractivity contribution in [3.63, 3.8) is 0 Å². The van der Waals surface area contributed by atoms with E-state index in [2.05, 4.69) is 20.8 Å². The van der Waals surface area contributed by atoms with Gasteiger partial charge in [0.15, 0.2) is 0 Å². The number of hydrogen-bond acceptors (Lipinski definition) is 2. The molecule has 0 saturated heterocycles. The van der Waals surface area contributed by atoms with Gasteiger partial charge < -0.3 is 4.42 Å². The number of halogens is 3. The van der Waals surface area contributed by atoms with E-state index in [1.807, 2.05) is 12.1 Å². The lowest BCUT2D eigenvalue weighted by Gasteiger charge is -2.21. The van der Waals surface area contributed by atoms with Crippen molar-refractivity contribution in [1.82, 2.24) is 4.90 Å². The predicted molar refractivity (Wildman–Crippen MR) is 75.0 cm³/mol. The van der Waals surface area contributed by atoms with Crippen molar-refractivity contribution in [3.05, 3.63) is 58.0 Å². The lowest BCUT2D eigenvalue weighted by molar-refractivity contribution is 0.219. The van der Waals surface area contributed by atoms with E-state index < -0.39 is 11.6 Å². The first kappa shape index (κ1) is 13.8. The summed E-state index contributed by atoms with van der Waals surface area (Å²) in [6.07, 6.45) is 3.75. The Morgan fingerprint density at radius 2 is 2.00 bits per heavy atom. The molecule has 0 spiro atoms. The third-order valence-corrected chi connectivity index (χ3v) is 4.11. The maximum Gasteiger partial charge on any atom is 0.144 e. The van der Waals surface area contributed by atoms with E-state index in [0.29, 0.717) is 17.1 Å². The molecule has 0 unspecified atom stereocenters. The van der Waals surface area contributed by atoms with E-state index in [0.717, 1.165) is 18.6 Å². The zero-order valence-electron chi connectivity index (χ0n) is 10.8. The van der Waals surface area contributed by atoms with E-state index in [1.165, 1.54) is 12.1 Å². The number of rotatable bonds is 5. The summed E-state index contributed by atoms with van der Waals surface area (Å²) in [5, 5.41) is 0. The van der Waals surface area contributed by atoms with Gasteiger partial charge in [-0.05, 0) is 53.0 Å². The molecule has 20 heavy (non-hydrogen) atoms. The molecule has 0 atom stereocenters. The molecular formula is C15H14BrF2NO. The van der Waals surface area contributed by atoms with Crippen molar-refractivity contribution in [2.75, 3.05) is 0 Å². The Kier molecular flexibility index (Phi) is 3.89. The van der Waals surface area contributed by atoms with Crippen LogP contribution in [0.4, 0.5) is 8.78 Å². The van der Waals surface area contributed by atoms with Crippen LogP contribution in [0.25, 0.3) is 0 Å². The Morgan fingerprint density at radius 3 is 2.65 bits per heavy atom. The number of benzene rings is 1. The molecule has 0 amide bonds. The highest BCUT2D eigenvalue weighted by molar-refractivity contribution is 9.10. The molecule has 1 aliphatic rings. The molecule has 0 aliphatic heterocycles. The highest BCUT2D eigenvalue weighted by atomic mass is 79.9. The lowest BCUT2D eigenvalue weighted by Crippen LogP contribution is -2.26. The van der Waals surface area contributed by atoms with Gasteiger partial charge in [-0.2, -0.15) is 0 Å². The monoisotopic (exact) mass is 341 g/mol. The maximum atomic E-state index is 14.0. The first-order chi connectivity index (χ1) is 9.65. The fourth-order valence-corrected chi connectivity index (χ4v) is 2.65. The van der Waals surface area contributed by atoms with Crippen molar-refractivity contribution in [3.8, 4) is 0 Å². The van der Waals surface area contributed by atoms with Crippen LogP contribution in [-0.2, 0) is 13.1 Å². The molecule has 5 heteroatoms. The fraction of sp³-hybridized carbons (Fsp3) is 0.333. The van der Waals surface area contributed by atoms with Crippen molar-refractivity contribution in [1.29, 1.82) is 0 Å². The quantitative estimate of drug-likeness (QED) is 0.745. The van der Waals surface area contributed by atoms with Crippen LogP contribution in [-0.4, -0.2) is 10.9 Å². The summed E-state index contributed by atoms with van der Waals surface area (Å²) < 4.78 is 33.5. The first-order valence-electron chi connectivity index (χ1n) is 6.54. The molecule has 2 aromatic rings. The van der Waals surface area contributed by atoms with Crippen LogP contribution in [0.1, 0.15) is 24.2 Å². The van der Waals surface area contributed by atoms with Crippen molar-refractivity contribution < 1.29 is 13.2 Å². The molecule has 1 fully saturated rings. The molecule has 1 aromatic carbocycles. The van der Waals surface area contributed by atoms with Gasteiger partial charge in [0.2, 0.25) is 0 Å². The Bertz CT molecular complexity index is 596. The van der Waals surface area contributed by atoms with Gasteiger partial charge >= 0.3 is 0 Å². The minimum absolute atomic E-state index is 0.109. The summed E-state index contributed by atoms with van der Waals surface area (Å²) in [7, 11) is 0. The normalized spacial score (nSPS) is 15.0. The second-order valence-corrected chi connectivity index (χ2v) is 5.89. The third-order valence-electron chi connectivity index (χ3n) is 3.50. The van der Waals surface area contributed by atoms with Crippen LogP contribution < -0.4 is 0 Å². The van der Waals surface area contributed by atoms with Crippen LogP contribution in [0, 0.1) is 11.6 Å². The van der Waals surface area contributed by atoms with Gasteiger partial charge in [0.1, 0.15) is 17.4 Å². The molecule has 106 valence electrons. The zero-order chi connectivity index (χ0) is 14.1. The van der Waals surface area contributed by atoms with E-state index in [1.54, 1.807) is 6.26 Å². The Balaban J connectivity index is 1.82. The average molecular weight is 342 g/mol. The van der Waals surface area contributed by atoms with Gasteiger partial charge in [-0.3, -0.25) is 4.90 Å². The lowest BCUT2D eigenvalue weighted by atomic mass is 10.1. The molecule has 0 radical (unpaired) electrons. The van der Waals surface area contributed by atoms with Crippen LogP contribution in [0.2, 0.25) is 0 Å². The summed E-state index contributed by atoms with van der Waals surface area (Å²) in [5.74, 6) is -0.210. The van der Waals surface area contributed by atoms with E-state index in [9.17, 15) is 8.78 Å². The summed E-state index contributed by atoms with van der Waals surface area (Å²) in [6, 6.07) is 6.77. The molecule has 0 bridgehead atoms. The second-order valence-electron chi connectivity index (χ2n) is 5.04. The minimum Gasteiger partial charge on any atom is -0.468 e. The molecule has 2 nitrogen and oxygen atoms in total. The largest absolute Gasteiger partial charge is 0.468 e. The SMILES string of the molecule is Fc1ccc(Br)c(F)c1CN(Cc1ccco1)C1CC1. The highest BCUT2D eigenvalue weighted by Crippen LogP contribution is 2.32. The van der Waals surface area contributed by atoms with Gasteiger partial charge in [0, 0.05) is 18.2 Å². The predicted octanol–water partition coefficient (Wildman–Crippen LogP) is 4.48. The molecule has 3 rings (SSSR count). The number of hydrogen-bond donors (Lipinski definition) is 0.